The van der Waals surface area contributed by atoms with Crippen LogP contribution in [0, 0.1) is 13.8 Å². The lowest BCUT2D eigenvalue weighted by atomic mass is 10.1. The Kier molecular flexibility index (Phi) is 5.50. The lowest BCUT2D eigenvalue weighted by molar-refractivity contribution is 0.406. The van der Waals surface area contributed by atoms with Crippen molar-refractivity contribution in [2.75, 3.05) is 19.5 Å². The molecule has 2 aromatic carbocycles. The molecule has 1 aromatic heterocycles. The van der Waals surface area contributed by atoms with Gasteiger partial charge in [0.2, 0.25) is 5.43 Å². The zero-order chi connectivity index (χ0) is 19.4. The van der Waals surface area contributed by atoms with E-state index in [4.69, 9.17) is 9.47 Å². The van der Waals surface area contributed by atoms with Crippen molar-refractivity contribution in [2.45, 2.75) is 20.4 Å². The maximum atomic E-state index is 12.3. The summed E-state index contributed by atoms with van der Waals surface area (Å²) in [5.41, 5.74) is 3.96. The molecule has 0 bridgehead atoms. The molecule has 3 rings (SSSR count). The minimum absolute atomic E-state index is 0.160. The van der Waals surface area contributed by atoms with Crippen LogP contribution in [0.15, 0.2) is 59.5 Å². The highest BCUT2D eigenvalue weighted by Crippen LogP contribution is 2.28. The molecule has 0 unspecified atom stereocenters. The summed E-state index contributed by atoms with van der Waals surface area (Å²) in [6.07, 6.45) is 1.74. The summed E-state index contributed by atoms with van der Waals surface area (Å²) in [5, 5.41) is 3.40. The fourth-order valence-corrected chi connectivity index (χ4v) is 3.01. The second kappa shape index (κ2) is 7.99. The number of anilines is 2. The van der Waals surface area contributed by atoms with Gasteiger partial charge in [-0.05, 0) is 42.7 Å². The van der Waals surface area contributed by atoms with Crippen molar-refractivity contribution in [3.05, 3.63) is 81.6 Å². The molecule has 1 heterocycles. The van der Waals surface area contributed by atoms with E-state index in [1.807, 2.05) is 48.7 Å². The van der Waals surface area contributed by atoms with E-state index in [1.165, 1.54) is 7.11 Å². The number of aryl methyl sites for hydroxylation is 2. The molecular weight excluding hydrogens is 340 g/mol. The van der Waals surface area contributed by atoms with E-state index in [0.29, 0.717) is 18.1 Å². The van der Waals surface area contributed by atoms with Gasteiger partial charge in [-0.2, -0.15) is 0 Å². The van der Waals surface area contributed by atoms with Gasteiger partial charge in [0.15, 0.2) is 5.75 Å². The standard InChI is InChI=1S/C22H24N2O3/c1-15-11-20(26-3)16(2)10-18(15)23-22-12-19(25)21(27-4)14-24(22)13-17-8-6-5-7-9-17/h5-12,14,23H,13H2,1-4H3. The highest BCUT2D eigenvalue weighted by molar-refractivity contribution is 5.64. The molecule has 0 spiro atoms. The van der Waals surface area contributed by atoms with Crippen molar-refractivity contribution in [1.29, 1.82) is 0 Å². The van der Waals surface area contributed by atoms with Gasteiger partial charge in [0.05, 0.1) is 20.4 Å². The molecule has 0 saturated carbocycles. The Morgan fingerprint density at radius 1 is 0.926 bits per heavy atom. The fraction of sp³-hybridized carbons (Fsp3) is 0.227. The number of hydrogen-bond donors (Lipinski definition) is 1. The first kappa shape index (κ1) is 18.6. The normalized spacial score (nSPS) is 10.5. The van der Waals surface area contributed by atoms with Crippen molar-refractivity contribution in [2.24, 2.45) is 0 Å². The molecule has 0 radical (unpaired) electrons. The Bertz CT molecular complexity index is 994. The van der Waals surface area contributed by atoms with Crippen molar-refractivity contribution >= 4 is 11.5 Å². The van der Waals surface area contributed by atoms with Crippen LogP contribution in [0.3, 0.4) is 0 Å². The number of pyridine rings is 1. The Hall–Kier alpha value is -3.21. The van der Waals surface area contributed by atoms with Crippen LogP contribution in [0.25, 0.3) is 0 Å². The average Bonchev–Trinajstić information content (AvgIpc) is 2.67. The molecular formula is C22H24N2O3. The lowest BCUT2D eigenvalue weighted by Crippen LogP contribution is -2.14. The maximum Gasteiger partial charge on any atom is 0.225 e. The molecule has 0 fully saturated rings. The number of hydrogen-bond acceptors (Lipinski definition) is 4. The third kappa shape index (κ3) is 4.14. The van der Waals surface area contributed by atoms with Gasteiger partial charge >= 0.3 is 0 Å². The Labute approximate surface area is 159 Å². The summed E-state index contributed by atoms with van der Waals surface area (Å²) >= 11 is 0. The maximum absolute atomic E-state index is 12.3. The number of methoxy groups -OCH3 is 2. The number of nitrogens with zero attached hydrogens (tertiary/aromatic N) is 1. The number of aromatic nitrogens is 1. The number of ether oxygens (including phenoxy) is 2. The van der Waals surface area contributed by atoms with E-state index in [-0.39, 0.29) is 5.43 Å². The smallest absolute Gasteiger partial charge is 0.225 e. The predicted molar refractivity (Wildman–Crippen MR) is 109 cm³/mol. The minimum atomic E-state index is -0.160. The minimum Gasteiger partial charge on any atom is -0.496 e. The van der Waals surface area contributed by atoms with Crippen LogP contribution in [-0.4, -0.2) is 18.8 Å². The molecule has 0 aliphatic heterocycles. The van der Waals surface area contributed by atoms with E-state index in [0.717, 1.165) is 28.1 Å². The van der Waals surface area contributed by atoms with E-state index in [9.17, 15) is 4.79 Å². The third-order valence-electron chi connectivity index (χ3n) is 4.51. The SMILES string of the molecule is COc1cc(C)c(Nc2cc(=O)c(OC)cn2Cc2ccccc2)cc1C. The number of nitrogens with one attached hydrogen (secondary N) is 1. The summed E-state index contributed by atoms with van der Waals surface area (Å²) in [7, 11) is 3.17. The molecule has 5 nitrogen and oxygen atoms in total. The van der Waals surface area contributed by atoms with Crippen molar-refractivity contribution in [3.63, 3.8) is 0 Å². The summed E-state index contributed by atoms with van der Waals surface area (Å²) < 4.78 is 12.6. The van der Waals surface area contributed by atoms with Gasteiger partial charge in [-0.3, -0.25) is 4.79 Å². The zero-order valence-electron chi connectivity index (χ0n) is 16.1. The van der Waals surface area contributed by atoms with E-state index in [2.05, 4.69) is 17.4 Å². The van der Waals surface area contributed by atoms with Crippen molar-refractivity contribution < 1.29 is 9.47 Å². The highest BCUT2D eigenvalue weighted by atomic mass is 16.5. The lowest BCUT2D eigenvalue weighted by Gasteiger charge is -2.18. The molecule has 0 aliphatic carbocycles. The van der Waals surface area contributed by atoms with Crippen LogP contribution in [0.2, 0.25) is 0 Å². The second-order valence-electron chi connectivity index (χ2n) is 6.47. The van der Waals surface area contributed by atoms with Crippen molar-refractivity contribution in [1.82, 2.24) is 4.57 Å². The van der Waals surface area contributed by atoms with Gasteiger partial charge in [-0.25, -0.2) is 0 Å². The first-order valence-electron chi connectivity index (χ1n) is 8.76. The van der Waals surface area contributed by atoms with Crippen LogP contribution in [0.1, 0.15) is 16.7 Å². The first-order valence-corrected chi connectivity index (χ1v) is 8.76. The molecule has 5 heteroatoms. The van der Waals surface area contributed by atoms with Crippen LogP contribution < -0.4 is 20.2 Å². The summed E-state index contributed by atoms with van der Waals surface area (Å²) in [4.78, 5) is 12.3. The molecule has 3 aromatic rings. The first-order chi connectivity index (χ1) is 13.0. The third-order valence-corrected chi connectivity index (χ3v) is 4.51. The van der Waals surface area contributed by atoms with Gasteiger partial charge in [0, 0.05) is 18.3 Å². The Morgan fingerprint density at radius 3 is 2.30 bits per heavy atom. The highest BCUT2D eigenvalue weighted by Gasteiger charge is 2.11. The average molecular weight is 364 g/mol. The topological polar surface area (TPSA) is 52.5 Å². The largest absolute Gasteiger partial charge is 0.496 e. The van der Waals surface area contributed by atoms with Crippen molar-refractivity contribution in [3.8, 4) is 11.5 Å². The molecule has 0 aliphatic rings. The molecule has 0 atom stereocenters. The van der Waals surface area contributed by atoms with E-state index < -0.39 is 0 Å². The van der Waals surface area contributed by atoms with Gasteiger partial charge in [-0.1, -0.05) is 30.3 Å². The van der Waals surface area contributed by atoms with Gasteiger partial charge in [-0.15, -0.1) is 0 Å². The summed E-state index contributed by atoms with van der Waals surface area (Å²) in [6, 6.07) is 15.7. The molecule has 1 N–H and O–H groups in total. The molecule has 0 amide bonds. The van der Waals surface area contributed by atoms with Gasteiger partial charge < -0.3 is 19.4 Å². The van der Waals surface area contributed by atoms with E-state index >= 15 is 0 Å². The molecule has 140 valence electrons. The Balaban J connectivity index is 2.03. The van der Waals surface area contributed by atoms with E-state index in [1.54, 1.807) is 19.4 Å². The Morgan fingerprint density at radius 2 is 1.63 bits per heavy atom. The van der Waals surface area contributed by atoms with Gasteiger partial charge in [0.25, 0.3) is 0 Å². The fourth-order valence-electron chi connectivity index (χ4n) is 3.01. The van der Waals surface area contributed by atoms with Gasteiger partial charge in [0.1, 0.15) is 11.6 Å². The van der Waals surface area contributed by atoms with Crippen LogP contribution >= 0.6 is 0 Å². The zero-order valence-corrected chi connectivity index (χ0v) is 16.1. The predicted octanol–water partition coefficient (Wildman–Crippen LogP) is 4.27. The summed E-state index contributed by atoms with van der Waals surface area (Å²) in [5.74, 6) is 1.87. The number of rotatable bonds is 6. The number of benzene rings is 2. The summed E-state index contributed by atoms with van der Waals surface area (Å²) in [6.45, 7) is 4.62. The monoisotopic (exact) mass is 364 g/mol. The van der Waals surface area contributed by atoms with Crippen LogP contribution in [0.5, 0.6) is 11.5 Å². The van der Waals surface area contributed by atoms with Crippen LogP contribution in [0.4, 0.5) is 11.5 Å². The molecule has 0 saturated heterocycles. The second-order valence-corrected chi connectivity index (χ2v) is 6.47. The quantitative estimate of drug-likeness (QED) is 0.709. The van der Waals surface area contributed by atoms with Crippen LogP contribution in [-0.2, 0) is 6.54 Å². The molecule has 27 heavy (non-hydrogen) atoms.